The summed E-state index contributed by atoms with van der Waals surface area (Å²) in [6, 6.07) is 8.17. The minimum absolute atomic E-state index is 0.0389. The highest BCUT2D eigenvalue weighted by Crippen LogP contribution is 2.34. The van der Waals surface area contributed by atoms with Crippen molar-refractivity contribution in [1.82, 2.24) is 18.6 Å². The summed E-state index contributed by atoms with van der Waals surface area (Å²) < 4.78 is 27.5. The minimum Gasteiger partial charge on any atom is -0.292 e. The molecular formula is C22H29N5O3S. The van der Waals surface area contributed by atoms with Crippen LogP contribution in [0.4, 0.5) is 5.82 Å². The molecule has 0 atom stereocenters. The van der Waals surface area contributed by atoms with Crippen LogP contribution in [0, 0.1) is 13.8 Å². The van der Waals surface area contributed by atoms with Gasteiger partial charge in [-0.25, -0.2) is 9.97 Å². The highest BCUT2D eigenvalue weighted by molar-refractivity contribution is 7.86. The maximum absolute atomic E-state index is 12.7. The lowest BCUT2D eigenvalue weighted by atomic mass is 9.97. The zero-order valence-corrected chi connectivity index (χ0v) is 19.3. The second-order valence-corrected chi connectivity index (χ2v) is 10.7. The van der Waals surface area contributed by atoms with Crippen molar-refractivity contribution in [2.24, 2.45) is 0 Å². The maximum atomic E-state index is 12.7. The van der Waals surface area contributed by atoms with Crippen molar-refractivity contribution in [3.05, 3.63) is 52.5 Å². The van der Waals surface area contributed by atoms with Crippen LogP contribution in [0.1, 0.15) is 47.0 Å². The highest BCUT2D eigenvalue weighted by atomic mass is 32.2. The van der Waals surface area contributed by atoms with Crippen molar-refractivity contribution < 1.29 is 13.2 Å². The van der Waals surface area contributed by atoms with Crippen molar-refractivity contribution in [1.29, 1.82) is 0 Å². The first-order valence-electron chi connectivity index (χ1n) is 10.6. The van der Waals surface area contributed by atoms with Crippen LogP contribution in [0.15, 0.2) is 24.3 Å². The van der Waals surface area contributed by atoms with Gasteiger partial charge in [0, 0.05) is 44.4 Å². The fourth-order valence-corrected chi connectivity index (χ4v) is 5.33. The van der Waals surface area contributed by atoms with Gasteiger partial charge >= 0.3 is 0 Å². The Morgan fingerprint density at radius 2 is 1.71 bits per heavy atom. The fourth-order valence-electron chi connectivity index (χ4n) is 4.19. The Morgan fingerprint density at radius 3 is 2.32 bits per heavy atom. The number of piperidine rings is 1. The Kier molecular flexibility index (Phi) is 5.85. The van der Waals surface area contributed by atoms with E-state index in [-0.39, 0.29) is 11.8 Å². The van der Waals surface area contributed by atoms with Crippen LogP contribution < -0.4 is 4.90 Å². The molecule has 0 bridgehead atoms. The van der Waals surface area contributed by atoms with E-state index in [1.165, 1.54) is 14.2 Å². The first-order valence-corrected chi connectivity index (χ1v) is 12.0. The molecule has 2 aliphatic heterocycles. The molecule has 1 saturated heterocycles. The first-order chi connectivity index (χ1) is 14.7. The van der Waals surface area contributed by atoms with Crippen molar-refractivity contribution in [3.63, 3.8) is 0 Å². The molecule has 31 heavy (non-hydrogen) atoms. The molecule has 3 heterocycles. The molecule has 0 saturated carbocycles. The lowest BCUT2D eigenvalue weighted by Crippen LogP contribution is -2.44. The number of fused-ring (bicyclic) bond motifs is 1. The van der Waals surface area contributed by atoms with Crippen LogP contribution in [0.2, 0.25) is 0 Å². The molecule has 0 radical (unpaired) electrons. The van der Waals surface area contributed by atoms with E-state index in [4.69, 9.17) is 9.97 Å². The number of benzene rings is 1. The number of carbonyl (C=O) groups excluding carboxylic acids is 1. The Bertz CT molecular complexity index is 1090. The van der Waals surface area contributed by atoms with E-state index in [0.29, 0.717) is 50.5 Å². The van der Waals surface area contributed by atoms with Crippen molar-refractivity contribution in [2.45, 2.75) is 45.6 Å². The lowest BCUT2D eigenvalue weighted by Gasteiger charge is -2.32. The number of hydrogen-bond acceptors (Lipinski definition) is 5. The molecule has 1 aromatic heterocycles. The average molecular weight is 444 g/mol. The summed E-state index contributed by atoms with van der Waals surface area (Å²) in [5.41, 5.74) is 3.98. The highest BCUT2D eigenvalue weighted by Gasteiger charge is 2.35. The third-order valence-corrected chi connectivity index (χ3v) is 8.10. The molecule has 1 fully saturated rings. The number of hydrogen-bond donors (Lipinski definition) is 0. The molecule has 9 heteroatoms. The summed E-state index contributed by atoms with van der Waals surface area (Å²) in [6.45, 7) is 5.34. The predicted octanol–water partition coefficient (Wildman–Crippen LogP) is 2.17. The van der Waals surface area contributed by atoms with Crippen molar-refractivity contribution in [2.75, 3.05) is 32.1 Å². The molecule has 4 rings (SSSR count). The van der Waals surface area contributed by atoms with Crippen LogP contribution >= 0.6 is 0 Å². The second-order valence-electron chi connectivity index (χ2n) is 8.58. The third-order valence-electron chi connectivity index (χ3n) is 6.16. The third kappa shape index (κ3) is 4.22. The van der Waals surface area contributed by atoms with Crippen LogP contribution in [0.25, 0.3) is 0 Å². The maximum Gasteiger partial charge on any atom is 0.281 e. The smallest absolute Gasteiger partial charge is 0.281 e. The Hall–Kier alpha value is -2.36. The quantitative estimate of drug-likeness (QED) is 0.707. The lowest BCUT2D eigenvalue weighted by molar-refractivity contribution is -0.117. The number of aryl methyl sites for hydroxylation is 2. The molecule has 2 aromatic rings. The number of carbonyl (C=O) groups is 1. The molecular weight excluding hydrogens is 414 g/mol. The molecule has 0 unspecified atom stereocenters. The first kappa shape index (κ1) is 21.9. The van der Waals surface area contributed by atoms with Gasteiger partial charge in [-0.3, -0.25) is 9.69 Å². The van der Waals surface area contributed by atoms with Gasteiger partial charge in [0.05, 0.1) is 13.0 Å². The van der Waals surface area contributed by atoms with E-state index in [0.717, 1.165) is 16.8 Å². The Balaban J connectivity index is 1.56. The summed E-state index contributed by atoms with van der Waals surface area (Å²) in [6.07, 6.45) is 1.65. The zero-order chi connectivity index (χ0) is 22.3. The summed E-state index contributed by atoms with van der Waals surface area (Å²) in [7, 11) is -0.305. The van der Waals surface area contributed by atoms with Gasteiger partial charge in [-0.2, -0.15) is 17.0 Å². The number of aromatic nitrogens is 2. The van der Waals surface area contributed by atoms with Crippen molar-refractivity contribution in [3.8, 4) is 0 Å². The Morgan fingerprint density at radius 1 is 1.06 bits per heavy atom. The van der Waals surface area contributed by atoms with E-state index >= 15 is 0 Å². The van der Waals surface area contributed by atoms with Crippen molar-refractivity contribution >= 4 is 21.9 Å². The Labute approximate surface area is 184 Å². The molecule has 0 aliphatic carbocycles. The van der Waals surface area contributed by atoms with E-state index in [9.17, 15) is 13.2 Å². The molecule has 1 amide bonds. The molecule has 0 spiro atoms. The molecule has 1 aromatic carbocycles. The van der Waals surface area contributed by atoms with Crippen LogP contribution in [-0.4, -0.2) is 60.1 Å². The van der Waals surface area contributed by atoms with Gasteiger partial charge in [-0.05, 0) is 32.3 Å². The van der Waals surface area contributed by atoms with E-state index in [2.05, 4.69) is 0 Å². The van der Waals surface area contributed by atoms with Gasteiger partial charge in [0.15, 0.2) is 0 Å². The summed E-state index contributed by atoms with van der Waals surface area (Å²) in [5.74, 6) is 1.53. The van der Waals surface area contributed by atoms with Gasteiger partial charge in [0.25, 0.3) is 10.2 Å². The molecule has 166 valence electrons. The summed E-state index contributed by atoms with van der Waals surface area (Å²) in [5, 5.41) is 0. The molecule has 8 nitrogen and oxygen atoms in total. The van der Waals surface area contributed by atoms with Crippen LogP contribution in [0.5, 0.6) is 0 Å². The van der Waals surface area contributed by atoms with E-state index in [1.807, 2.05) is 38.1 Å². The molecule has 0 N–H and O–H groups in total. The van der Waals surface area contributed by atoms with Gasteiger partial charge in [0.2, 0.25) is 5.91 Å². The molecule has 2 aliphatic rings. The minimum atomic E-state index is -3.40. The fraction of sp³-hybridized carbons (Fsp3) is 0.500. The van der Waals surface area contributed by atoms with Gasteiger partial charge in [-0.15, -0.1) is 0 Å². The van der Waals surface area contributed by atoms with E-state index in [1.54, 1.807) is 19.0 Å². The number of rotatable bonds is 5. The summed E-state index contributed by atoms with van der Waals surface area (Å²) >= 11 is 0. The zero-order valence-electron chi connectivity index (χ0n) is 18.5. The summed E-state index contributed by atoms with van der Waals surface area (Å²) in [4.78, 5) is 24.0. The van der Waals surface area contributed by atoms with Gasteiger partial charge < -0.3 is 0 Å². The van der Waals surface area contributed by atoms with E-state index < -0.39 is 10.2 Å². The monoisotopic (exact) mass is 443 g/mol. The predicted molar refractivity (Wildman–Crippen MR) is 119 cm³/mol. The number of anilines is 1. The van der Waals surface area contributed by atoms with Crippen LogP contribution in [-0.2, 0) is 28.0 Å². The number of amides is 1. The van der Waals surface area contributed by atoms with Gasteiger partial charge in [0.1, 0.15) is 11.6 Å². The SMILES string of the molecule is Cc1ccc(CN2C(=O)Cc3c(C)nc(C4CCN(S(=O)(=O)N(C)C)CC4)nc32)cc1. The average Bonchev–Trinajstić information content (AvgIpc) is 3.05. The number of nitrogens with zero attached hydrogens (tertiary/aromatic N) is 5. The second kappa shape index (κ2) is 8.29. The normalized spacial score (nSPS) is 18.1. The standard InChI is InChI=1S/C22H29N5O3S/c1-15-5-7-17(8-6-15)14-27-20(28)13-19-16(2)23-21(24-22(19)27)18-9-11-26(12-10-18)31(29,30)25(3)4/h5-8,18H,9-14H2,1-4H3. The van der Waals surface area contributed by atoms with Gasteiger partial charge in [-0.1, -0.05) is 29.8 Å². The van der Waals surface area contributed by atoms with Crippen LogP contribution in [0.3, 0.4) is 0 Å². The topological polar surface area (TPSA) is 86.7 Å². The largest absolute Gasteiger partial charge is 0.292 e.